The summed E-state index contributed by atoms with van der Waals surface area (Å²) in [7, 11) is 0. The number of hydrogen-bond donors (Lipinski definition) is 0. The first-order chi connectivity index (χ1) is 9.69. The first-order valence-corrected chi connectivity index (χ1v) is 8.03. The van der Waals surface area contributed by atoms with Crippen molar-refractivity contribution in [3.05, 3.63) is 70.7 Å². The Kier molecular flexibility index (Phi) is 5.77. The molecule has 20 heavy (non-hydrogen) atoms. The van der Waals surface area contributed by atoms with E-state index in [1.165, 1.54) is 5.56 Å². The lowest BCUT2D eigenvalue weighted by Crippen LogP contribution is -2.31. The van der Waals surface area contributed by atoms with Crippen LogP contribution in [0.25, 0.3) is 0 Å². The van der Waals surface area contributed by atoms with Crippen LogP contribution in [0, 0.1) is 5.41 Å². The molecule has 0 atom stereocenters. The summed E-state index contributed by atoms with van der Waals surface area (Å²) in [6, 6.07) is 18.2. The Bertz CT molecular complexity index is 533. The molecule has 3 heteroatoms. The van der Waals surface area contributed by atoms with E-state index in [1.54, 1.807) is 0 Å². The minimum atomic E-state index is -0.171. The minimum absolute atomic E-state index is 0.171. The van der Waals surface area contributed by atoms with Crippen LogP contribution in [0.1, 0.15) is 11.1 Å². The number of alkyl halides is 2. The molecule has 2 aromatic carbocycles. The number of halogens is 3. The average molecular weight is 328 g/mol. The summed E-state index contributed by atoms with van der Waals surface area (Å²) < 4.78 is 0. The Hall–Kier alpha value is -0.690. The molecular formula is C17H17Cl3. The van der Waals surface area contributed by atoms with Crippen molar-refractivity contribution in [1.29, 1.82) is 0 Å². The van der Waals surface area contributed by atoms with E-state index in [0.29, 0.717) is 11.8 Å². The largest absolute Gasteiger partial charge is 0.126 e. The van der Waals surface area contributed by atoms with Crippen molar-refractivity contribution in [3.63, 3.8) is 0 Å². The lowest BCUT2D eigenvalue weighted by atomic mass is 9.80. The molecule has 0 nitrogen and oxygen atoms in total. The van der Waals surface area contributed by atoms with Crippen LogP contribution in [0.3, 0.4) is 0 Å². The summed E-state index contributed by atoms with van der Waals surface area (Å²) in [5.41, 5.74) is 2.18. The van der Waals surface area contributed by atoms with Gasteiger partial charge in [-0.25, -0.2) is 0 Å². The van der Waals surface area contributed by atoms with Crippen molar-refractivity contribution >= 4 is 34.8 Å². The van der Waals surface area contributed by atoms with E-state index in [-0.39, 0.29) is 5.41 Å². The molecule has 0 radical (unpaired) electrons. The third kappa shape index (κ3) is 3.91. The summed E-state index contributed by atoms with van der Waals surface area (Å²) in [6.45, 7) is 0. The molecule has 2 rings (SSSR count). The molecule has 0 aliphatic rings. The molecule has 0 aliphatic carbocycles. The van der Waals surface area contributed by atoms with Gasteiger partial charge in [0.15, 0.2) is 0 Å². The number of benzene rings is 2. The zero-order valence-corrected chi connectivity index (χ0v) is 13.4. The van der Waals surface area contributed by atoms with Gasteiger partial charge in [0, 0.05) is 22.2 Å². The molecule has 0 saturated carbocycles. The van der Waals surface area contributed by atoms with E-state index in [4.69, 9.17) is 34.8 Å². The predicted molar refractivity (Wildman–Crippen MR) is 89.2 cm³/mol. The van der Waals surface area contributed by atoms with Gasteiger partial charge in [-0.1, -0.05) is 60.1 Å². The number of hydrogen-bond acceptors (Lipinski definition) is 0. The smallest absolute Gasteiger partial charge is 0.0438 e. The second kappa shape index (κ2) is 7.36. The summed E-state index contributed by atoms with van der Waals surface area (Å²) in [5.74, 6) is 1.02. The van der Waals surface area contributed by atoms with Crippen LogP contribution in [0.5, 0.6) is 0 Å². The lowest BCUT2D eigenvalue weighted by molar-refractivity contribution is 0.374. The van der Waals surface area contributed by atoms with Gasteiger partial charge < -0.3 is 0 Å². The fourth-order valence-electron chi connectivity index (χ4n) is 2.36. The monoisotopic (exact) mass is 326 g/mol. The second-order valence-corrected chi connectivity index (χ2v) is 6.14. The third-order valence-electron chi connectivity index (χ3n) is 3.51. The van der Waals surface area contributed by atoms with Crippen molar-refractivity contribution in [2.45, 2.75) is 12.8 Å². The van der Waals surface area contributed by atoms with Crippen molar-refractivity contribution in [2.75, 3.05) is 11.8 Å². The average Bonchev–Trinajstić information content (AvgIpc) is 2.50. The summed E-state index contributed by atoms with van der Waals surface area (Å²) in [5, 5.41) is 0.778. The van der Waals surface area contributed by atoms with E-state index in [2.05, 4.69) is 12.1 Å². The predicted octanol–water partition coefficient (Wildman–Crippen LogP) is 5.59. The quantitative estimate of drug-likeness (QED) is 0.607. The van der Waals surface area contributed by atoms with Crippen LogP contribution in [-0.4, -0.2) is 11.8 Å². The van der Waals surface area contributed by atoms with Crippen LogP contribution < -0.4 is 0 Å². The van der Waals surface area contributed by atoms with Crippen LogP contribution in [-0.2, 0) is 12.8 Å². The van der Waals surface area contributed by atoms with E-state index in [0.717, 1.165) is 23.4 Å². The molecule has 0 amide bonds. The molecule has 0 unspecified atom stereocenters. The van der Waals surface area contributed by atoms with Gasteiger partial charge in [0.05, 0.1) is 0 Å². The van der Waals surface area contributed by atoms with Gasteiger partial charge in [0.1, 0.15) is 0 Å². The summed E-state index contributed by atoms with van der Waals surface area (Å²) in [6.07, 6.45) is 1.64. The van der Waals surface area contributed by atoms with Crippen molar-refractivity contribution < 1.29 is 0 Å². The fraction of sp³-hybridized carbons (Fsp3) is 0.294. The molecule has 2 aromatic rings. The maximum absolute atomic E-state index is 6.26. The van der Waals surface area contributed by atoms with Crippen LogP contribution in [0.4, 0.5) is 0 Å². The highest BCUT2D eigenvalue weighted by Gasteiger charge is 2.29. The Morgan fingerprint density at radius 1 is 0.750 bits per heavy atom. The van der Waals surface area contributed by atoms with Crippen molar-refractivity contribution in [2.24, 2.45) is 5.41 Å². The van der Waals surface area contributed by atoms with Gasteiger partial charge in [-0.3, -0.25) is 0 Å². The van der Waals surface area contributed by atoms with Crippen LogP contribution in [0.2, 0.25) is 5.02 Å². The Balaban J connectivity index is 2.23. The molecule has 0 heterocycles. The minimum Gasteiger partial charge on any atom is -0.126 e. The van der Waals surface area contributed by atoms with Crippen molar-refractivity contribution in [3.8, 4) is 0 Å². The molecule has 106 valence electrons. The third-order valence-corrected chi connectivity index (χ3v) is 5.01. The normalized spacial score (nSPS) is 11.6. The molecule has 0 N–H and O–H groups in total. The molecule has 0 aliphatic heterocycles. The van der Waals surface area contributed by atoms with Gasteiger partial charge in [0.2, 0.25) is 0 Å². The van der Waals surface area contributed by atoms with Crippen LogP contribution in [0.15, 0.2) is 54.6 Å². The molecule has 0 aromatic heterocycles. The van der Waals surface area contributed by atoms with Crippen LogP contribution >= 0.6 is 34.8 Å². The fourth-order valence-corrected chi connectivity index (χ4v) is 3.23. The molecule has 0 fully saturated rings. The van der Waals surface area contributed by atoms with Gasteiger partial charge in [-0.15, -0.1) is 23.2 Å². The second-order valence-electron chi connectivity index (χ2n) is 5.20. The molecule has 0 saturated heterocycles. The Morgan fingerprint density at radius 3 is 1.95 bits per heavy atom. The van der Waals surface area contributed by atoms with E-state index in [1.807, 2.05) is 42.5 Å². The zero-order valence-electron chi connectivity index (χ0n) is 11.2. The lowest BCUT2D eigenvalue weighted by Gasteiger charge is -2.30. The SMILES string of the molecule is ClCC(CCl)(Cc1ccccc1)Cc1ccccc1Cl. The number of rotatable bonds is 6. The topological polar surface area (TPSA) is 0 Å². The van der Waals surface area contributed by atoms with Gasteiger partial charge in [0.25, 0.3) is 0 Å². The molecule has 0 bridgehead atoms. The van der Waals surface area contributed by atoms with Gasteiger partial charge in [-0.05, 0) is 30.0 Å². The highest BCUT2D eigenvalue weighted by atomic mass is 35.5. The van der Waals surface area contributed by atoms with E-state index < -0.39 is 0 Å². The highest BCUT2D eigenvalue weighted by Crippen LogP contribution is 2.33. The van der Waals surface area contributed by atoms with Gasteiger partial charge >= 0.3 is 0 Å². The maximum Gasteiger partial charge on any atom is 0.0438 e. The maximum atomic E-state index is 6.26. The van der Waals surface area contributed by atoms with Gasteiger partial charge in [-0.2, -0.15) is 0 Å². The zero-order chi connectivity index (χ0) is 14.4. The summed E-state index contributed by atoms with van der Waals surface area (Å²) >= 11 is 18.8. The Morgan fingerprint density at radius 2 is 1.35 bits per heavy atom. The first-order valence-electron chi connectivity index (χ1n) is 6.58. The molecular weight excluding hydrogens is 311 g/mol. The molecule has 0 spiro atoms. The Labute approximate surface area is 135 Å². The highest BCUT2D eigenvalue weighted by molar-refractivity contribution is 6.31. The summed E-state index contributed by atoms with van der Waals surface area (Å²) in [4.78, 5) is 0. The van der Waals surface area contributed by atoms with Crippen molar-refractivity contribution in [1.82, 2.24) is 0 Å². The first kappa shape index (κ1) is 15.7. The van der Waals surface area contributed by atoms with E-state index >= 15 is 0 Å². The van der Waals surface area contributed by atoms with E-state index in [9.17, 15) is 0 Å². The standard InChI is InChI=1S/C17H17Cl3/c18-12-17(13-19,10-14-6-2-1-3-7-14)11-15-8-4-5-9-16(15)20/h1-9H,10-13H2.